The molecule has 2 atom stereocenters. The molecule has 19 heavy (non-hydrogen) atoms. The van der Waals surface area contributed by atoms with E-state index in [1.54, 1.807) is 0 Å². The van der Waals surface area contributed by atoms with Gasteiger partial charge in [0.15, 0.2) is 5.13 Å². The predicted molar refractivity (Wildman–Crippen MR) is 72.3 cm³/mol. The average Bonchev–Trinajstić information content (AvgIpc) is 2.87. The van der Waals surface area contributed by atoms with Crippen molar-refractivity contribution in [3.05, 3.63) is 11.1 Å². The summed E-state index contributed by atoms with van der Waals surface area (Å²) < 4.78 is 0. The van der Waals surface area contributed by atoms with Crippen LogP contribution in [0.5, 0.6) is 0 Å². The number of carbonyl (C=O) groups is 2. The Morgan fingerprint density at radius 2 is 2.37 bits per heavy atom. The normalized spacial score (nSPS) is 23.5. The molecule has 0 saturated carbocycles. The molecule has 1 aliphatic rings. The molecule has 0 aromatic carbocycles. The second-order valence-electron chi connectivity index (χ2n) is 4.79. The van der Waals surface area contributed by atoms with Gasteiger partial charge >= 0.3 is 5.97 Å². The first-order valence-electron chi connectivity index (χ1n) is 6.16. The van der Waals surface area contributed by atoms with Crippen LogP contribution in [0.15, 0.2) is 5.38 Å². The lowest BCUT2D eigenvalue weighted by atomic mass is 10.0. The van der Waals surface area contributed by atoms with Crippen molar-refractivity contribution in [3.63, 3.8) is 0 Å². The summed E-state index contributed by atoms with van der Waals surface area (Å²) in [7, 11) is 0. The molecule has 1 saturated heterocycles. The van der Waals surface area contributed by atoms with Crippen LogP contribution in [-0.2, 0) is 9.59 Å². The maximum absolute atomic E-state index is 11.9. The van der Waals surface area contributed by atoms with E-state index in [0.717, 1.165) is 5.69 Å². The first-order chi connectivity index (χ1) is 8.97. The quantitative estimate of drug-likeness (QED) is 0.867. The highest BCUT2D eigenvalue weighted by molar-refractivity contribution is 7.13. The number of carbonyl (C=O) groups excluding carboxylic acids is 1. The van der Waals surface area contributed by atoms with Crippen LogP contribution in [-0.4, -0.2) is 46.0 Å². The molecule has 0 spiro atoms. The Morgan fingerprint density at radius 3 is 2.89 bits per heavy atom. The molecular weight excluding hydrogens is 266 g/mol. The zero-order valence-electron chi connectivity index (χ0n) is 10.9. The van der Waals surface area contributed by atoms with E-state index in [-0.39, 0.29) is 24.4 Å². The lowest BCUT2D eigenvalue weighted by molar-refractivity contribution is -0.142. The van der Waals surface area contributed by atoms with Crippen molar-refractivity contribution in [2.75, 3.05) is 18.4 Å². The molecule has 7 heteroatoms. The van der Waals surface area contributed by atoms with Crippen molar-refractivity contribution in [2.45, 2.75) is 26.3 Å². The van der Waals surface area contributed by atoms with Crippen molar-refractivity contribution in [2.24, 2.45) is 5.92 Å². The van der Waals surface area contributed by atoms with E-state index < -0.39 is 5.97 Å². The van der Waals surface area contributed by atoms with Crippen LogP contribution >= 0.6 is 11.3 Å². The predicted octanol–water partition coefficient (Wildman–Crippen LogP) is 1.19. The summed E-state index contributed by atoms with van der Waals surface area (Å²) in [6.07, 6.45) is 0.597. The van der Waals surface area contributed by atoms with E-state index >= 15 is 0 Å². The molecule has 104 valence electrons. The fourth-order valence-corrected chi connectivity index (χ4v) is 3.02. The van der Waals surface area contributed by atoms with Crippen molar-refractivity contribution in [1.29, 1.82) is 0 Å². The minimum Gasteiger partial charge on any atom is -0.481 e. The molecule has 2 N–H and O–H groups in total. The molecule has 0 bridgehead atoms. The number of aliphatic carboxylic acids is 1. The first kappa shape index (κ1) is 14.0. The molecule has 2 unspecified atom stereocenters. The number of carboxylic acids is 1. The van der Waals surface area contributed by atoms with Gasteiger partial charge in [-0.25, -0.2) is 4.98 Å². The Morgan fingerprint density at radius 1 is 1.63 bits per heavy atom. The third-order valence-electron chi connectivity index (χ3n) is 3.41. The Bertz CT molecular complexity index is 488. The van der Waals surface area contributed by atoms with Crippen LogP contribution < -0.4 is 5.32 Å². The molecule has 2 heterocycles. The van der Waals surface area contributed by atoms with Crippen LogP contribution in [0.3, 0.4) is 0 Å². The van der Waals surface area contributed by atoms with Crippen molar-refractivity contribution < 1.29 is 14.7 Å². The number of nitrogens with zero attached hydrogens (tertiary/aromatic N) is 2. The molecule has 1 aromatic rings. The van der Waals surface area contributed by atoms with E-state index in [1.807, 2.05) is 24.1 Å². The third kappa shape index (κ3) is 3.30. The van der Waals surface area contributed by atoms with Crippen LogP contribution in [0, 0.1) is 12.8 Å². The number of nitrogens with one attached hydrogen (secondary N) is 1. The number of carboxylic acid groups (broad SMARTS) is 1. The van der Waals surface area contributed by atoms with Gasteiger partial charge in [0.1, 0.15) is 0 Å². The zero-order valence-corrected chi connectivity index (χ0v) is 11.7. The van der Waals surface area contributed by atoms with Gasteiger partial charge in [0.05, 0.1) is 18.2 Å². The van der Waals surface area contributed by atoms with Crippen molar-refractivity contribution in [1.82, 2.24) is 9.88 Å². The van der Waals surface area contributed by atoms with E-state index in [0.29, 0.717) is 18.1 Å². The summed E-state index contributed by atoms with van der Waals surface area (Å²) in [6, 6.07) is -0.110. The van der Waals surface area contributed by atoms with E-state index in [4.69, 9.17) is 5.11 Å². The lowest BCUT2D eigenvalue weighted by Crippen LogP contribution is -2.38. The fraction of sp³-hybridized carbons (Fsp3) is 0.583. The number of amides is 1. The Labute approximate surface area is 115 Å². The molecular formula is C12H17N3O3S. The molecule has 0 radical (unpaired) electrons. The maximum atomic E-state index is 11.9. The van der Waals surface area contributed by atoms with E-state index in [1.165, 1.54) is 11.3 Å². The van der Waals surface area contributed by atoms with Crippen molar-refractivity contribution >= 4 is 28.3 Å². The number of anilines is 1. The van der Waals surface area contributed by atoms with Gasteiger partial charge in [-0.3, -0.25) is 14.5 Å². The van der Waals surface area contributed by atoms with Crippen LogP contribution in [0.4, 0.5) is 5.13 Å². The Kier molecular flexibility index (Phi) is 4.16. The van der Waals surface area contributed by atoms with Crippen LogP contribution in [0.2, 0.25) is 0 Å². The number of aryl methyl sites for hydroxylation is 1. The summed E-state index contributed by atoms with van der Waals surface area (Å²) in [5.74, 6) is -1.31. The van der Waals surface area contributed by atoms with Gasteiger partial charge in [-0.2, -0.15) is 0 Å². The van der Waals surface area contributed by atoms with Gasteiger partial charge in [0.25, 0.3) is 0 Å². The van der Waals surface area contributed by atoms with Gasteiger partial charge in [0.2, 0.25) is 5.91 Å². The summed E-state index contributed by atoms with van der Waals surface area (Å²) >= 11 is 1.39. The molecule has 2 rings (SSSR count). The molecule has 1 aliphatic heterocycles. The number of rotatable bonds is 4. The zero-order chi connectivity index (χ0) is 14.0. The number of hydrogen-bond acceptors (Lipinski definition) is 5. The highest BCUT2D eigenvalue weighted by Gasteiger charge is 2.36. The van der Waals surface area contributed by atoms with Gasteiger partial charge in [-0.1, -0.05) is 0 Å². The summed E-state index contributed by atoms with van der Waals surface area (Å²) in [6.45, 7) is 4.57. The standard InChI is InChI=1S/C12H17N3O3S/c1-7-6-19-12(13-7)14-10(16)5-15-4-3-9(8(15)2)11(17)18/h6,8-9H,3-5H2,1-2H3,(H,17,18)(H,13,14,16). The molecule has 1 fully saturated rings. The third-order valence-corrected chi connectivity index (χ3v) is 4.29. The van der Waals surface area contributed by atoms with E-state index in [9.17, 15) is 9.59 Å². The second kappa shape index (κ2) is 5.66. The number of aromatic nitrogens is 1. The topological polar surface area (TPSA) is 82.5 Å². The SMILES string of the molecule is Cc1csc(NC(=O)CN2CCC(C(=O)O)C2C)n1. The fourth-order valence-electron chi connectivity index (χ4n) is 2.31. The van der Waals surface area contributed by atoms with Crippen molar-refractivity contribution in [3.8, 4) is 0 Å². The van der Waals surface area contributed by atoms with Gasteiger partial charge in [-0.05, 0) is 26.8 Å². The number of thiazole rings is 1. The second-order valence-corrected chi connectivity index (χ2v) is 5.64. The highest BCUT2D eigenvalue weighted by atomic mass is 32.1. The molecule has 6 nitrogen and oxygen atoms in total. The molecule has 0 aliphatic carbocycles. The Hall–Kier alpha value is -1.47. The number of hydrogen-bond donors (Lipinski definition) is 2. The smallest absolute Gasteiger partial charge is 0.308 e. The molecule has 1 amide bonds. The summed E-state index contributed by atoms with van der Waals surface area (Å²) in [5.41, 5.74) is 0.876. The largest absolute Gasteiger partial charge is 0.481 e. The summed E-state index contributed by atoms with van der Waals surface area (Å²) in [4.78, 5) is 28.9. The van der Waals surface area contributed by atoms with E-state index in [2.05, 4.69) is 10.3 Å². The minimum atomic E-state index is -0.786. The maximum Gasteiger partial charge on any atom is 0.308 e. The Balaban J connectivity index is 1.88. The highest BCUT2D eigenvalue weighted by Crippen LogP contribution is 2.24. The van der Waals surface area contributed by atoms with Crippen LogP contribution in [0.25, 0.3) is 0 Å². The molecule has 1 aromatic heterocycles. The van der Waals surface area contributed by atoms with Gasteiger partial charge in [0, 0.05) is 11.4 Å². The summed E-state index contributed by atoms with van der Waals surface area (Å²) in [5, 5.41) is 14.2. The lowest BCUT2D eigenvalue weighted by Gasteiger charge is -2.21. The average molecular weight is 283 g/mol. The number of likely N-dealkylation sites (tertiary alicyclic amines) is 1. The van der Waals surface area contributed by atoms with Gasteiger partial charge in [-0.15, -0.1) is 11.3 Å². The van der Waals surface area contributed by atoms with Gasteiger partial charge < -0.3 is 10.4 Å². The monoisotopic (exact) mass is 283 g/mol. The first-order valence-corrected chi connectivity index (χ1v) is 7.04. The van der Waals surface area contributed by atoms with Crippen LogP contribution in [0.1, 0.15) is 19.0 Å². The minimum absolute atomic E-state index is 0.110.